The van der Waals surface area contributed by atoms with E-state index in [0.717, 1.165) is 22.9 Å². The fourth-order valence-electron chi connectivity index (χ4n) is 1.81. The fourth-order valence-corrected chi connectivity index (χ4v) is 2.26. The molecule has 0 amide bonds. The molecular formula is C16H14ClNOS. The number of hydrogen-bond donors (Lipinski definition) is 1. The van der Waals surface area contributed by atoms with Gasteiger partial charge in [-0.05, 0) is 35.0 Å². The second-order valence-corrected chi connectivity index (χ2v) is 4.83. The third kappa shape index (κ3) is 3.32. The number of thiophene rings is 1. The van der Waals surface area contributed by atoms with Gasteiger partial charge in [0.25, 0.3) is 0 Å². The molecule has 2 aromatic carbocycles. The van der Waals surface area contributed by atoms with E-state index in [2.05, 4.69) is 5.32 Å². The van der Waals surface area contributed by atoms with Crippen molar-refractivity contribution in [3.8, 4) is 11.5 Å². The molecule has 0 spiro atoms. The second-order valence-electron chi connectivity index (χ2n) is 4.01. The van der Waals surface area contributed by atoms with E-state index in [1.54, 1.807) is 11.3 Å². The summed E-state index contributed by atoms with van der Waals surface area (Å²) in [4.78, 5) is 0. The quantitative estimate of drug-likeness (QED) is 0.449. The Morgan fingerprint density at radius 3 is 1.65 bits per heavy atom. The number of rotatable bonds is 0. The molecule has 1 N–H and O–H groups in total. The lowest BCUT2D eigenvalue weighted by molar-refractivity contribution is 0.481. The summed E-state index contributed by atoms with van der Waals surface area (Å²) in [5, 5.41) is 7.40. The van der Waals surface area contributed by atoms with Crippen molar-refractivity contribution in [3.05, 3.63) is 71.4 Å². The number of halogens is 1. The summed E-state index contributed by atoms with van der Waals surface area (Å²) in [7, 11) is 0. The maximum atomic E-state index is 5.71. The van der Waals surface area contributed by atoms with Crippen molar-refractivity contribution in [1.29, 1.82) is 0 Å². The lowest BCUT2D eigenvalue weighted by atomic mass is 10.2. The standard InChI is InChI=1S/C12H9NO.C4H4S.ClH/c1-3-7-11-9(5-1)13-10-6-2-4-8-12(10)14-11;1-2-4-5-3-1;/h1-8,13H;1-4H;1H. The molecule has 0 aliphatic carbocycles. The molecule has 0 saturated carbocycles. The van der Waals surface area contributed by atoms with Gasteiger partial charge in [-0.3, -0.25) is 0 Å². The van der Waals surface area contributed by atoms with Gasteiger partial charge in [-0.25, -0.2) is 0 Å². The Labute approximate surface area is 128 Å². The Morgan fingerprint density at radius 1 is 0.700 bits per heavy atom. The van der Waals surface area contributed by atoms with Gasteiger partial charge in [0, 0.05) is 0 Å². The average molecular weight is 304 g/mol. The predicted octanol–water partition coefficient (Wildman–Crippen LogP) is 5.71. The monoisotopic (exact) mass is 303 g/mol. The molecular weight excluding hydrogens is 290 g/mol. The number of anilines is 2. The first-order valence-corrected chi connectivity index (χ1v) is 6.98. The van der Waals surface area contributed by atoms with Gasteiger partial charge in [0.2, 0.25) is 0 Å². The van der Waals surface area contributed by atoms with E-state index in [0.29, 0.717) is 0 Å². The summed E-state index contributed by atoms with van der Waals surface area (Å²) in [5.74, 6) is 1.76. The fraction of sp³-hybridized carbons (Fsp3) is 0. The highest BCUT2D eigenvalue weighted by Crippen LogP contribution is 2.40. The van der Waals surface area contributed by atoms with Crippen molar-refractivity contribution >= 4 is 35.1 Å². The largest absolute Gasteiger partial charge is 0.453 e. The van der Waals surface area contributed by atoms with E-state index >= 15 is 0 Å². The summed E-state index contributed by atoms with van der Waals surface area (Å²) < 4.78 is 5.71. The third-order valence-electron chi connectivity index (χ3n) is 2.69. The summed E-state index contributed by atoms with van der Waals surface area (Å²) >= 11 is 1.71. The van der Waals surface area contributed by atoms with Crippen molar-refractivity contribution in [2.24, 2.45) is 0 Å². The van der Waals surface area contributed by atoms with E-state index in [-0.39, 0.29) is 12.4 Å². The van der Waals surface area contributed by atoms with Crippen LogP contribution >= 0.6 is 23.7 Å². The first-order chi connectivity index (χ1) is 9.43. The zero-order valence-corrected chi connectivity index (χ0v) is 12.3. The van der Waals surface area contributed by atoms with Crippen molar-refractivity contribution in [2.45, 2.75) is 0 Å². The number of ether oxygens (including phenoxy) is 1. The number of nitrogens with one attached hydrogen (secondary N) is 1. The van der Waals surface area contributed by atoms with Gasteiger partial charge in [0.1, 0.15) is 0 Å². The molecule has 0 unspecified atom stereocenters. The van der Waals surface area contributed by atoms with Gasteiger partial charge < -0.3 is 10.1 Å². The van der Waals surface area contributed by atoms with Crippen LogP contribution in [0.25, 0.3) is 0 Å². The van der Waals surface area contributed by atoms with Crippen LogP contribution in [0.4, 0.5) is 11.4 Å². The molecule has 0 radical (unpaired) electrons. The maximum absolute atomic E-state index is 5.71. The predicted molar refractivity (Wildman–Crippen MR) is 87.8 cm³/mol. The number of benzene rings is 2. The molecule has 3 aromatic rings. The van der Waals surface area contributed by atoms with Gasteiger partial charge in [-0.15, -0.1) is 12.4 Å². The van der Waals surface area contributed by atoms with Crippen LogP contribution in [0.15, 0.2) is 71.4 Å². The van der Waals surface area contributed by atoms with Crippen molar-refractivity contribution in [1.82, 2.24) is 0 Å². The zero-order chi connectivity index (χ0) is 12.9. The number of hydrogen-bond acceptors (Lipinski definition) is 3. The lowest BCUT2D eigenvalue weighted by Crippen LogP contribution is -2.01. The Kier molecular flexibility index (Phi) is 5.04. The number of para-hydroxylation sites is 4. The third-order valence-corrected chi connectivity index (χ3v) is 3.32. The van der Waals surface area contributed by atoms with Crippen LogP contribution in [0.3, 0.4) is 0 Å². The SMILES string of the molecule is Cl.c1ccc2c(c1)Nc1ccccc1O2.c1ccsc1. The minimum atomic E-state index is 0. The smallest absolute Gasteiger partial charge is 0.150 e. The average Bonchev–Trinajstić information content (AvgIpc) is 3.04. The summed E-state index contributed by atoms with van der Waals surface area (Å²) in [6, 6.07) is 19.9. The normalized spacial score (nSPS) is 10.4. The molecule has 4 heteroatoms. The molecule has 0 atom stereocenters. The van der Waals surface area contributed by atoms with Gasteiger partial charge in [0.15, 0.2) is 11.5 Å². The Bertz CT molecular complexity index is 550. The van der Waals surface area contributed by atoms with E-state index in [9.17, 15) is 0 Å². The minimum Gasteiger partial charge on any atom is -0.453 e. The van der Waals surface area contributed by atoms with Gasteiger partial charge in [-0.2, -0.15) is 11.3 Å². The lowest BCUT2D eigenvalue weighted by Gasteiger charge is -2.20. The molecule has 4 rings (SSSR count). The molecule has 102 valence electrons. The zero-order valence-electron chi connectivity index (χ0n) is 10.7. The van der Waals surface area contributed by atoms with Crippen LogP contribution in [0, 0.1) is 0 Å². The highest BCUT2D eigenvalue weighted by atomic mass is 35.5. The summed E-state index contributed by atoms with van der Waals surface area (Å²) in [6.07, 6.45) is 0. The topological polar surface area (TPSA) is 21.3 Å². The van der Waals surface area contributed by atoms with Gasteiger partial charge >= 0.3 is 0 Å². The van der Waals surface area contributed by atoms with E-state index in [1.807, 2.05) is 71.4 Å². The van der Waals surface area contributed by atoms with E-state index in [1.165, 1.54) is 0 Å². The van der Waals surface area contributed by atoms with Crippen LogP contribution < -0.4 is 10.1 Å². The van der Waals surface area contributed by atoms with Gasteiger partial charge in [-0.1, -0.05) is 36.4 Å². The highest BCUT2D eigenvalue weighted by molar-refractivity contribution is 7.07. The Hall–Kier alpha value is -1.97. The summed E-state index contributed by atoms with van der Waals surface area (Å²) in [6.45, 7) is 0. The first-order valence-electron chi connectivity index (χ1n) is 6.03. The molecule has 1 aliphatic heterocycles. The van der Waals surface area contributed by atoms with E-state index < -0.39 is 0 Å². The minimum absolute atomic E-state index is 0. The van der Waals surface area contributed by atoms with E-state index in [4.69, 9.17) is 4.74 Å². The second kappa shape index (κ2) is 6.98. The maximum Gasteiger partial charge on any atom is 0.150 e. The van der Waals surface area contributed by atoms with Crippen molar-refractivity contribution in [2.75, 3.05) is 5.32 Å². The molecule has 2 heterocycles. The van der Waals surface area contributed by atoms with Crippen LogP contribution in [0.1, 0.15) is 0 Å². The molecule has 0 bridgehead atoms. The molecule has 0 saturated heterocycles. The van der Waals surface area contributed by atoms with Crippen LogP contribution in [0.2, 0.25) is 0 Å². The van der Waals surface area contributed by atoms with Gasteiger partial charge in [0.05, 0.1) is 11.4 Å². The van der Waals surface area contributed by atoms with Crippen LogP contribution in [-0.2, 0) is 0 Å². The number of fused-ring (bicyclic) bond motifs is 2. The van der Waals surface area contributed by atoms with Crippen LogP contribution in [0.5, 0.6) is 11.5 Å². The molecule has 0 fully saturated rings. The molecule has 2 nitrogen and oxygen atoms in total. The van der Waals surface area contributed by atoms with Crippen molar-refractivity contribution < 1.29 is 4.74 Å². The highest BCUT2D eigenvalue weighted by Gasteiger charge is 2.13. The Morgan fingerprint density at radius 2 is 1.20 bits per heavy atom. The molecule has 1 aromatic heterocycles. The first kappa shape index (κ1) is 14.4. The molecule has 20 heavy (non-hydrogen) atoms. The van der Waals surface area contributed by atoms with Crippen LogP contribution in [-0.4, -0.2) is 0 Å². The summed E-state index contributed by atoms with van der Waals surface area (Å²) in [5.41, 5.74) is 2.04. The van der Waals surface area contributed by atoms with Crippen molar-refractivity contribution in [3.63, 3.8) is 0 Å². The Balaban J connectivity index is 0.000000210. The molecule has 1 aliphatic rings.